The van der Waals surface area contributed by atoms with Gasteiger partial charge in [-0.1, -0.05) is 97.6 Å². The Morgan fingerprint density at radius 3 is 2.00 bits per heavy atom. The van der Waals surface area contributed by atoms with Crippen LogP contribution in [0.15, 0.2) is 91.5 Å². The van der Waals surface area contributed by atoms with Gasteiger partial charge < -0.3 is 14.8 Å². The Morgan fingerprint density at radius 2 is 1.39 bits per heavy atom. The fourth-order valence-corrected chi connectivity index (χ4v) is 3.01. The molecule has 0 aromatic heterocycles. The number of hydrogen-bond donors (Lipinski definition) is 1. The van der Waals surface area contributed by atoms with Gasteiger partial charge >= 0.3 is 12.1 Å². The van der Waals surface area contributed by atoms with Crippen molar-refractivity contribution < 1.29 is 19.1 Å². The molecule has 3 rings (SSSR count). The number of carbonyl (C=O) groups is 2. The summed E-state index contributed by atoms with van der Waals surface area (Å²) in [6, 6.07) is 25.5. The van der Waals surface area contributed by atoms with Gasteiger partial charge in [0.1, 0.15) is 19.3 Å². The molecule has 0 unspecified atom stereocenters. The number of rotatable bonds is 9. The third-order valence-electron chi connectivity index (χ3n) is 4.64. The standard InChI is InChI=1S/C26H25NO4/c1-2-20-14-9-15-23(16-20)17-24(25(28)30-18-21-10-5-3-6-11-21)27-26(29)31-19-22-12-7-4-8-13-22/h2-16,24H,1,17-19H2,(H,27,29)/t24-/m0/s1. The summed E-state index contributed by atoms with van der Waals surface area (Å²) in [7, 11) is 0. The Kier molecular flexibility index (Phi) is 8.00. The zero-order valence-corrected chi connectivity index (χ0v) is 17.2. The Balaban J connectivity index is 1.65. The van der Waals surface area contributed by atoms with Crippen LogP contribution in [0.5, 0.6) is 0 Å². The monoisotopic (exact) mass is 415 g/mol. The molecule has 0 aliphatic carbocycles. The average molecular weight is 415 g/mol. The minimum atomic E-state index is -0.882. The van der Waals surface area contributed by atoms with Crippen molar-refractivity contribution in [3.05, 3.63) is 114 Å². The molecule has 0 bridgehead atoms. The van der Waals surface area contributed by atoms with Crippen LogP contribution in [0.2, 0.25) is 0 Å². The molecular weight excluding hydrogens is 390 g/mol. The SMILES string of the molecule is C=Cc1cccc(C[C@H](NC(=O)OCc2ccccc2)C(=O)OCc2ccccc2)c1. The molecule has 31 heavy (non-hydrogen) atoms. The second-order valence-corrected chi connectivity index (χ2v) is 7.01. The molecule has 0 aliphatic rings. The van der Waals surface area contributed by atoms with E-state index in [0.29, 0.717) is 0 Å². The van der Waals surface area contributed by atoms with E-state index in [0.717, 1.165) is 22.3 Å². The van der Waals surface area contributed by atoms with Gasteiger partial charge in [0.05, 0.1) is 0 Å². The predicted octanol–water partition coefficient (Wildman–Crippen LogP) is 4.91. The Bertz CT molecular complexity index is 1000. The number of alkyl carbamates (subject to hydrolysis) is 1. The molecule has 3 aromatic carbocycles. The molecule has 0 aliphatic heterocycles. The molecule has 3 aromatic rings. The van der Waals surface area contributed by atoms with Gasteiger partial charge in [0.2, 0.25) is 0 Å². The van der Waals surface area contributed by atoms with Crippen LogP contribution in [-0.4, -0.2) is 18.1 Å². The van der Waals surface area contributed by atoms with Gasteiger partial charge in [0.15, 0.2) is 0 Å². The molecule has 1 amide bonds. The summed E-state index contributed by atoms with van der Waals surface area (Å²) in [5.41, 5.74) is 3.54. The summed E-state index contributed by atoms with van der Waals surface area (Å²) in [4.78, 5) is 25.1. The molecule has 0 saturated heterocycles. The van der Waals surface area contributed by atoms with Crippen molar-refractivity contribution in [3.63, 3.8) is 0 Å². The van der Waals surface area contributed by atoms with E-state index in [-0.39, 0.29) is 19.6 Å². The molecule has 1 N–H and O–H groups in total. The molecule has 5 nitrogen and oxygen atoms in total. The van der Waals surface area contributed by atoms with Crippen molar-refractivity contribution in [2.24, 2.45) is 0 Å². The molecular formula is C26H25NO4. The maximum atomic E-state index is 12.8. The number of benzene rings is 3. The zero-order valence-electron chi connectivity index (χ0n) is 17.2. The highest BCUT2D eigenvalue weighted by atomic mass is 16.6. The van der Waals surface area contributed by atoms with Crippen molar-refractivity contribution in [1.82, 2.24) is 5.32 Å². The van der Waals surface area contributed by atoms with Crippen LogP contribution < -0.4 is 5.32 Å². The van der Waals surface area contributed by atoms with Crippen LogP contribution in [0, 0.1) is 0 Å². The van der Waals surface area contributed by atoms with E-state index in [9.17, 15) is 9.59 Å². The first-order valence-corrected chi connectivity index (χ1v) is 10.0. The summed E-state index contributed by atoms with van der Waals surface area (Å²) < 4.78 is 10.7. The van der Waals surface area contributed by atoms with E-state index >= 15 is 0 Å². The zero-order chi connectivity index (χ0) is 21.9. The lowest BCUT2D eigenvalue weighted by Gasteiger charge is -2.18. The topological polar surface area (TPSA) is 64.6 Å². The Hall–Kier alpha value is -3.86. The highest BCUT2D eigenvalue weighted by Gasteiger charge is 2.24. The summed E-state index contributed by atoms with van der Waals surface area (Å²) in [6.45, 7) is 4.01. The molecule has 0 fully saturated rings. The van der Waals surface area contributed by atoms with Crippen molar-refractivity contribution in [2.75, 3.05) is 0 Å². The van der Waals surface area contributed by atoms with Crippen LogP contribution >= 0.6 is 0 Å². The van der Waals surface area contributed by atoms with Gasteiger partial charge in [-0.05, 0) is 22.3 Å². The summed E-state index contributed by atoms with van der Waals surface area (Å²) in [5.74, 6) is -0.524. The molecule has 0 spiro atoms. The summed E-state index contributed by atoms with van der Waals surface area (Å²) in [6.07, 6.45) is 1.33. The van der Waals surface area contributed by atoms with E-state index in [1.54, 1.807) is 6.08 Å². The van der Waals surface area contributed by atoms with Crippen LogP contribution in [-0.2, 0) is 33.9 Å². The fourth-order valence-electron chi connectivity index (χ4n) is 3.01. The molecule has 1 atom stereocenters. The van der Waals surface area contributed by atoms with Gasteiger partial charge in [-0.25, -0.2) is 9.59 Å². The van der Waals surface area contributed by atoms with Crippen molar-refractivity contribution >= 4 is 18.1 Å². The minimum absolute atomic E-state index is 0.115. The molecule has 0 heterocycles. The first kappa shape index (κ1) is 21.8. The normalized spacial score (nSPS) is 11.2. The molecule has 158 valence electrons. The first-order valence-electron chi connectivity index (χ1n) is 10.0. The highest BCUT2D eigenvalue weighted by molar-refractivity contribution is 5.81. The molecule has 5 heteroatoms. The largest absolute Gasteiger partial charge is 0.459 e. The van der Waals surface area contributed by atoms with E-state index in [4.69, 9.17) is 9.47 Å². The average Bonchev–Trinajstić information content (AvgIpc) is 2.82. The van der Waals surface area contributed by atoms with Gasteiger partial charge in [-0.2, -0.15) is 0 Å². The lowest BCUT2D eigenvalue weighted by Crippen LogP contribution is -2.43. The van der Waals surface area contributed by atoms with Gasteiger partial charge in [-0.3, -0.25) is 0 Å². The third kappa shape index (κ3) is 7.16. The van der Waals surface area contributed by atoms with Crippen molar-refractivity contribution in [1.29, 1.82) is 0 Å². The van der Waals surface area contributed by atoms with Gasteiger partial charge in [0, 0.05) is 6.42 Å². The van der Waals surface area contributed by atoms with Crippen LogP contribution in [0.25, 0.3) is 6.08 Å². The van der Waals surface area contributed by atoms with E-state index in [1.165, 1.54) is 0 Å². The number of nitrogens with one attached hydrogen (secondary N) is 1. The second kappa shape index (κ2) is 11.4. The summed E-state index contributed by atoms with van der Waals surface area (Å²) >= 11 is 0. The quantitative estimate of drug-likeness (QED) is 0.504. The van der Waals surface area contributed by atoms with Gasteiger partial charge in [-0.15, -0.1) is 0 Å². The van der Waals surface area contributed by atoms with E-state index < -0.39 is 18.1 Å². The summed E-state index contributed by atoms with van der Waals surface area (Å²) in [5, 5.41) is 2.65. The number of amides is 1. The highest BCUT2D eigenvalue weighted by Crippen LogP contribution is 2.11. The van der Waals surface area contributed by atoms with E-state index in [2.05, 4.69) is 11.9 Å². The number of carbonyl (C=O) groups excluding carboxylic acids is 2. The maximum absolute atomic E-state index is 12.8. The van der Waals surface area contributed by atoms with Crippen LogP contribution in [0.4, 0.5) is 4.79 Å². The minimum Gasteiger partial charge on any atom is -0.459 e. The number of ether oxygens (including phenoxy) is 2. The molecule has 0 saturated carbocycles. The van der Waals surface area contributed by atoms with Gasteiger partial charge in [0.25, 0.3) is 0 Å². The molecule has 0 radical (unpaired) electrons. The van der Waals surface area contributed by atoms with Crippen LogP contribution in [0.1, 0.15) is 22.3 Å². The van der Waals surface area contributed by atoms with Crippen LogP contribution in [0.3, 0.4) is 0 Å². The lowest BCUT2D eigenvalue weighted by molar-refractivity contribution is -0.147. The fraction of sp³-hybridized carbons (Fsp3) is 0.154. The third-order valence-corrected chi connectivity index (χ3v) is 4.64. The number of hydrogen-bond acceptors (Lipinski definition) is 4. The van der Waals surface area contributed by atoms with Crippen molar-refractivity contribution in [3.8, 4) is 0 Å². The smallest absolute Gasteiger partial charge is 0.408 e. The first-order chi connectivity index (χ1) is 15.1. The van der Waals surface area contributed by atoms with Crippen molar-refractivity contribution in [2.45, 2.75) is 25.7 Å². The Labute approximate surface area is 182 Å². The number of esters is 1. The lowest BCUT2D eigenvalue weighted by atomic mass is 10.0. The van der Waals surface area contributed by atoms with E-state index in [1.807, 2.05) is 84.9 Å². The maximum Gasteiger partial charge on any atom is 0.408 e. The predicted molar refractivity (Wildman–Crippen MR) is 120 cm³/mol. The Morgan fingerprint density at radius 1 is 0.806 bits per heavy atom. The second-order valence-electron chi connectivity index (χ2n) is 7.01.